The molecule has 0 aliphatic carbocycles. The molecule has 0 heterocycles. The van der Waals surface area contributed by atoms with E-state index in [4.69, 9.17) is 19.3 Å². The van der Waals surface area contributed by atoms with Gasteiger partial charge in [-0.3, -0.25) is 0 Å². The van der Waals surface area contributed by atoms with Gasteiger partial charge in [0.05, 0.1) is 6.61 Å². The van der Waals surface area contributed by atoms with Gasteiger partial charge in [0.2, 0.25) is 0 Å². The normalized spacial score (nSPS) is 11.7. The van der Waals surface area contributed by atoms with Gasteiger partial charge >= 0.3 is 6.16 Å². The van der Waals surface area contributed by atoms with Crippen molar-refractivity contribution in [1.82, 2.24) is 0 Å². The summed E-state index contributed by atoms with van der Waals surface area (Å²) in [6.45, 7) is 4.35. The van der Waals surface area contributed by atoms with Gasteiger partial charge in [0.1, 0.15) is 24.2 Å². The van der Waals surface area contributed by atoms with Crippen LogP contribution in [0, 0.1) is 0 Å². The minimum atomic E-state index is -0.671. The lowest BCUT2D eigenvalue weighted by Crippen LogP contribution is -2.22. The third kappa shape index (κ3) is 6.55. The van der Waals surface area contributed by atoms with Crippen molar-refractivity contribution in [3.8, 4) is 11.5 Å². The van der Waals surface area contributed by atoms with Crippen molar-refractivity contribution < 1.29 is 24.1 Å². The Labute approximate surface area is 113 Å². The zero-order valence-corrected chi connectivity index (χ0v) is 11.3. The van der Waals surface area contributed by atoms with Crippen LogP contribution < -0.4 is 4.74 Å². The summed E-state index contributed by atoms with van der Waals surface area (Å²) in [5, 5.41) is 9.11. The summed E-state index contributed by atoms with van der Waals surface area (Å²) in [6.07, 6.45) is 0.721. The highest BCUT2D eigenvalue weighted by Gasteiger charge is 2.11. The van der Waals surface area contributed by atoms with Crippen LogP contribution >= 0.6 is 0 Å². The van der Waals surface area contributed by atoms with Crippen molar-refractivity contribution in [1.29, 1.82) is 0 Å². The molecule has 0 saturated heterocycles. The molecule has 1 unspecified atom stereocenters. The van der Waals surface area contributed by atoms with Crippen LogP contribution in [0.3, 0.4) is 0 Å². The quantitative estimate of drug-likeness (QED) is 0.608. The summed E-state index contributed by atoms with van der Waals surface area (Å²) in [5.41, 5.74) is 0. The first-order valence-electron chi connectivity index (χ1n) is 6.37. The number of unbranched alkanes of at least 4 members (excludes halogenated alkanes) is 1. The SMILES string of the molecule is CCCCOC(=O)OC(C)COc1ccc(O)cc1. The number of aromatic hydroxyl groups is 1. The van der Waals surface area contributed by atoms with Gasteiger partial charge in [0.15, 0.2) is 0 Å². The number of rotatable bonds is 7. The maximum atomic E-state index is 11.3. The summed E-state index contributed by atoms with van der Waals surface area (Å²) < 4.78 is 15.3. The van der Waals surface area contributed by atoms with Gasteiger partial charge in [-0.25, -0.2) is 4.79 Å². The molecule has 0 radical (unpaired) electrons. The van der Waals surface area contributed by atoms with Crippen molar-refractivity contribution in [3.05, 3.63) is 24.3 Å². The smallest absolute Gasteiger partial charge is 0.508 e. The van der Waals surface area contributed by atoms with Crippen LogP contribution in [0.1, 0.15) is 26.7 Å². The minimum Gasteiger partial charge on any atom is -0.508 e. The first kappa shape index (κ1) is 15.1. The molecule has 19 heavy (non-hydrogen) atoms. The molecule has 0 fully saturated rings. The lowest BCUT2D eigenvalue weighted by molar-refractivity contribution is 0.0134. The number of ether oxygens (including phenoxy) is 3. The fourth-order valence-electron chi connectivity index (χ4n) is 1.29. The molecule has 1 atom stereocenters. The van der Waals surface area contributed by atoms with Crippen molar-refractivity contribution in [2.24, 2.45) is 0 Å². The molecule has 0 saturated carbocycles. The molecule has 1 N–H and O–H groups in total. The summed E-state index contributed by atoms with van der Waals surface area (Å²) in [4.78, 5) is 11.3. The molecule has 1 aromatic carbocycles. The van der Waals surface area contributed by atoms with Crippen molar-refractivity contribution >= 4 is 6.16 Å². The molecule has 5 heteroatoms. The summed E-state index contributed by atoms with van der Waals surface area (Å²) in [5.74, 6) is 0.781. The number of carbonyl (C=O) groups excluding carboxylic acids is 1. The Balaban J connectivity index is 2.21. The third-order valence-corrected chi connectivity index (χ3v) is 2.34. The molecule has 106 valence electrons. The van der Waals surface area contributed by atoms with Gasteiger partial charge in [0.25, 0.3) is 0 Å². The second kappa shape index (κ2) is 8.24. The van der Waals surface area contributed by atoms with E-state index in [0.29, 0.717) is 12.4 Å². The zero-order valence-electron chi connectivity index (χ0n) is 11.3. The van der Waals surface area contributed by atoms with Gasteiger partial charge in [-0.2, -0.15) is 0 Å². The van der Waals surface area contributed by atoms with E-state index in [9.17, 15) is 4.79 Å². The molecule has 0 bridgehead atoms. The van der Waals surface area contributed by atoms with Crippen molar-refractivity contribution in [3.63, 3.8) is 0 Å². The third-order valence-electron chi connectivity index (χ3n) is 2.34. The number of phenolic OH excluding ortho intramolecular Hbond substituents is 1. The predicted octanol–water partition coefficient (Wildman–Crippen LogP) is 3.11. The van der Waals surface area contributed by atoms with E-state index < -0.39 is 12.3 Å². The van der Waals surface area contributed by atoms with Gasteiger partial charge in [-0.05, 0) is 37.6 Å². The number of hydrogen-bond donors (Lipinski definition) is 1. The molecule has 0 aromatic heterocycles. The van der Waals surface area contributed by atoms with E-state index in [1.54, 1.807) is 19.1 Å². The Morgan fingerprint density at radius 1 is 1.32 bits per heavy atom. The highest BCUT2D eigenvalue weighted by Crippen LogP contribution is 2.16. The van der Waals surface area contributed by atoms with Crippen LogP contribution in [0.5, 0.6) is 11.5 Å². The van der Waals surface area contributed by atoms with Gasteiger partial charge in [-0.15, -0.1) is 0 Å². The fraction of sp³-hybridized carbons (Fsp3) is 0.500. The second-order valence-corrected chi connectivity index (χ2v) is 4.19. The van der Waals surface area contributed by atoms with Crippen LogP contribution in [-0.2, 0) is 9.47 Å². The number of phenols is 1. The Morgan fingerprint density at radius 2 is 2.00 bits per heavy atom. The van der Waals surface area contributed by atoms with E-state index in [1.807, 2.05) is 6.92 Å². The first-order chi connectivity index (χ1) is 9.11. The second-order valence-electron chi connectivity index (χ2n) is 4.19. The number of carbonyl (C=O) groups is 1. The summed E-state index contributed by atoms with van der Waals surface area (Å²) in [7, 11) is 0. The molecule has 0 aliphatic heterocycles. The van der Waals surface area contributed by atoms with E-state index in [2.05, 4.69) is 0 Å². The summed E-state index contributed by atoms with van der Waals surface area (Å²) in [6, 6.07) is 6.34. The van der Waals surface area contributed by atoms with Crippen LogP contribution in [0.4, 0.5) is 4.79 Å². The van der Waals surface area contributed by atoms with Gasteiger partial charge in [0, 0.05) is 0 Å². The average Bonchev–Trinajstić information content (AvgIpc) is 2.38. The molecule has 1 aromatic rings. The highest BCUT2D eigenvalue weighted by molar-refractivity contribution is 5.60. The van der Waals surface area contributed by atoms with Crippen LogP contribution in [0.25, 0.3) is 0 Å². The van der Waals surface area contributed by atoms with E-state index in [-0.39, 0.29) is 12.4 Å². The Hall–Kier alpha value is -1.91. The number of benzene rings is 1. The lowest BCUT2D eigenvalue weighted by Gasteiger charge is -2.14. The van der Waals surface area contributed by atoms with Crippen LogP contribution in [-0.4, -0.2) is 30.6 Å². The highest BCUT2D eigenvalue weighted by atomic mass is 16.7. The molecule has 0 spiro atoms. The van der Waals surface area contributed by atoms with Crippen LogP contribution in [0.2, 0.25) is 0 Å². The predicted molar refractivity (Wildman–Crippen MR) is 70.4 cm³/mol. The molecule has 0 aliphatic rings. The molecule has 0 amide bonds. The summed E-state index contributed by atoms with van der Waals surface area (Å²) >= 11 is 0. The fourth-order valence-corrected chi connectivity index (χ4v) is 1.29. The molecular weight excluding hydrogens is 248 g/mol. The molecule has 5 nitrogen and oxygen atoms in total. The van der Waals surface area contributed by atoms with Crippen molar-refractivity contribution in [2.75, 3.05) is 13.2 Å². The lowest BCUT2D eigenvalue weighted by atomic mass is 10.3. The Kier molecular flexibility index (Phi) is 6.57. The van der Waals surface area contributed by atoms with Crippen LogP contribution in [0.15, 0.2) is 24.3 Å². The van der Waals surface area contributed by atoms with Crippen molar-refractivity contribution in [2.45, 2.75) is 32.8 Å². The Bertz CT molecular complexity index is 374. The average molecular weight is 268 g/mol. The van der Waals surface area contributed by atoms with E-state index in [0.717, 1.165) is 12.8 Å². The molecular formula is C14H20O5. The first-order valence-corrected chi connectivity index (χ1v) is 6.37. The maximum absolute atomic E-state index is 11.3. The zero-order chi connectivity index (χ0) is 14.1. The maximum Gasteiger partial charge on any atom is 0.508 e. The van der Waals surface area contributed by atoms with E-state index in [1.165, 1.54) is 12.1 Å². The van der Waals surface area contributed by atoms with Gasteiger partial charge < -0.3 is 19.3 Å². The number of hydrogen-bond acceptors (Lipinski definition) is 5. The standard InChI is InChI=1S/C14H20O5/c1-3-4-9-17-14(16)19-11(2)10-18-13-7-5-12(15)6-8-13/h5-8,11,15H,3-4,9-10H2,1-2H3. The molecule has 1 rings (SSSR count). The largest absolute Gasteiger partial charge is 0.508 e. The minimum absolute atomic E-state index is 0.177. The van der Waals surface area contributed by atoms with E-state index >= 15 is 0 Å². The Morgan fingerprint density at radius 3 is 2.63 bits per heavy atom. The monoisotopic (exact) mass is 268 g/mol. The topological polar surface area (TPSA) is 65.0 Å². The van der Waals surface area contributed by atoms with Gasteiger partial charge in [-0.1, -0.05) is 13.3 Å².